The Hall–Kier alpha value is -5.94. The maximum absolute atomic E-state index is 9.05. The van der Waals surface area contributed by atoms with Gasteiger partial charge in [0.1, 0.15) is 11.2 Å². The van der Waals surface area contributed by atoms with Crippen LogP contribution in [0.3, 0.4) is 0 Å². The number of nitrogens with one attached hydrogen (secondary N) is 2. The van der Waals surface area contributed by atoms with Gasteiger partial charge in [0.15, 0.2) is 11.7 Å². The van der Waals surface area contributed by atoms with Gasteiger partial charge in [-0.2, -0.15) is 0 Å². The Morgan fingerprint density at radius 2 is 1.16 bits per heavy atom. The largest absolute Gasteiger partial charge is 0.456 e. The average molecular weight is 555 g/mol. The van der Waals surface area contributed by atoms with Gasteiger partial charge >= 0.3 is 0 Å². The van der Waals surface area contributed by atoms with Crippen molar-refractivity contribution in [2.45, 2.75) is 0 Å². The summed E-state index contributed by atoms with van der Waals surface area (Å²) in [5.41, 5.74) is 11.0. The molecule has 0 unspecified atom stereocenters. The number of aromatic nitrogens is 1. The van der Waals surface area contributed by atoms with Gasteiger partial charge in [0.05, 0.1) is 16.4 Å². The number of amidine groups is 2. The van der Waals surface area contributed by atoms with E-state index in [-0.39, 0.29) is 5.84 Å². The van der Waals surface area contributed by atoms with Gasteiger partial charge in [0, 0.05) is 21.9 Å². The first kappa shape index (κ1) is 24.8. The fraction of sp³-hybridized carbons (Fsp3) is 0. The van der Waals surface area contributed by atoms with Gasteiger partial charge in [0.25, 0.3) is 0 Å². The Morgan fingerprint density at radius 3 is 2.00 bits per heavy atom. The van der Waals surface area contributed by atoms with Crippen molar-refractivity contribution >= 4 is 55.4 Å². The number of hydrogen-bond acceptors (Lipinski definition) is 2. The molecule has 204 valence electrons. The molecule has 0 spiro atoms. The van der Waals surface area contributed by atoms with Crippen LogP contribution >= 0.6 is 0 Å². The molecule has 43 heavy (non-hydrogen) atoms. The van der Waals surface area contributed by atoms with E-state index in [0.717, 1.165) is 66.0 Å². The molecule has 0 fully saturated rings. The molecule has 6 aromatic carbocycles. The van der Waals surface area contributed by atoms with Gasteiger partial charge in [-0.1, -0.05) is 115 Å². The van der Waals surface area contributed by atoms with Crippen LogP contribution in [0.4, 0.5) is 0 Å². The second-order valence-electron chi connectivity index (χ2n) is 10.5. The summed E-state index contributed by atoms with van der Waals surface area (Å²) in [6, 6.07) is 48.8. The van der Waals surface area contributed by atoms with Crippen molar-refractivity contribution in [3.63, 3.8) is 0 Å². The van der Waals surface area contributed by atoms with E-state index < -0.39 is 0 Å². The van der Waals surface area contributed by atoms with E-state index in [9.17, 15) is 0 Å². The van der Waals surface area contributed by atoms with E-state index in [1.54, 1.807) is 0 Å². The lowest BCUT2D eigenvalue weighted by Gasteiger charge is -2.15. The molecule has 8 aromatic rings. The topological polar surface area (TPSA) is 66.3 Å². The quantitative estimate of drug-likeness (QED) is 0.168. The maximum atomic E-state index is 9.05. The Labute approximate surface area is 247 Å². The predicted octanol–water partition coefficient (Wildman–Crippen LogP) is 9.38. The Kier molecular flexibility index (Phi) is 5.86. The van der Waals surface area contributed by atoms with Gasteiger partial charge in [-0.05, 0) is 46.8 Å². The molecular formula is C38H26N4O. The molecule has 8 rings (SSSR count). The lowest BCUT2D eigenvalue weighted by molar-refractivity contribution is 0.664. The first-order chi connectivity index (χ1) is 21.2. The molecule has 0 amide bonds. The Bertz CT molecular complexity index is 2330. The minimum atomic E-state index is 0.171. The summed E-state index contributed by atoms with van der Waals surface area (Å²) in [5, 5.41) is 13.4. The molecule has 0 saturated heterocycles. The standard InChI is InChI=1S/C38H26N4O/c39-37(28-17-9-16-27(24-28)25-12-3-1-4-13-25)40-38(26-14-5-2-6-15-26)41-42-31-20-10-19-30-29-18-7-8-22-33(29)43-34-23-11-21-32(42)36(34)35(30)31/h1-24H,(H2,39,40,41). The summed E-state index contributed by atoms with van der Waals surface area (Å²) < 4.78 is 8.55. The highest BCUT2D eigenvalue weighted by atomic mass is 16.3. The summed E-state index contributed by atoms with van der Waals surface area (Å²) in [5.74, 6) is 0.744. The van der Waals surface area contributed by atoms with Gasteiger partial charge in [-0.3, -0.25) is 15.5 Å². The van der Waals surface area contributed by atoms with Crippen LogP contribution < -0.4 is 5.43 Å². The van der Waals surface area contributed by atoms with Crippen LogP contribution in [0, 0.1) is 5.41 Å². The van der Waals surface area contributed by atoms with E-state index in [2.05, 4.69) is 58.6 Å². The van der Waals surface area contributed by atoms with E-state index in [1.165, 1.54) is 0 Å². The van der Waals surface area contributed by atoms with Crippen molar-refractivity contribution in [2.75, 3.05) is 5.43 Å². The third kappa shape index (κ3) is 4.26. The SMILES string of the molecule is N=C(N=C(Nn1c2cccc3oc4ccccc4c4cccc1c4c32)c1ccccc1)c1cccc(-c2ccccc2)c1. The number of fused-ring (bicyclic) bond motifs is 2. The second kappa shape index (κ2) is 10.2. The molecule has 2 heterocycles. The maximum Gasteiger partial charge on any atom is 0.154 e. The highest BCUT2D eigenvalue weighted by Crippen LogP contribution is 2.38. The van der Waals surface area contributed by atoms with E-state index in [4.69, 9.17) is 14.8 Å². The van der Waals surface area contributed by atoms with Crippen LogP contribution in [0.2, 0.25) is 0 Å². The predicted molar refractivity (Wildman–Crippen MR) is 178 cm³/mol. The number of benzene rings is 6. The summed E-state index contributed by atoms with van der Waals surface area (Å²) in [6.45, 7) is 0. The summed E-state index contributed by atoms with van der Waals surface area (Å²) in [7, 11) is 0. The zero-order valence-electron chi connectivity index (χ0n) is 23.2. The molecule has 0 bridgehead atoms. The first-order valence-corrected chi connectivity index (χ1v) is 14.2. The van der Waals surface area contributed by atoms with E-state index in [0.29, 0.717) is 5.84 Å². The average Bonchev–Trinajstić information content (AvgIpc) is 3.31. The number of para-hydroxylation sites is 1. The van der Waals surface area contributed by atoms with Crippen LogP contribution in [0.25, 0.3) is 54.9 Å². The van der Waals surface area contributed by atoms with Crippen molar-refractivity contribution in [2.24, 2.45) is 4.99 Å². The van der Waals surface area contributed by atoms with Crippen LogP contribution in [0.15, 0.2) is 155 Å². The van der Waals surface area contributed by atoms with Crippen molar-refractivity contribution in [1.29, 1.82) is 5.41 Å². The molecule has 0 aliphatic heterocycles. The molecule has 5 heteroatoms. The molecule has 2 aromatic heterocycles. The zero-order valence-corrected chi connectivity index (χ0v) is 23.2. The lowest BCUT2D eigenvalue weighted by Crippen LogP contribution is -2.25. The normalized spacial score (nSPS) is 12.0. The number of rotatable bonds is 4. The number of hydrogen-bond donors (Lipinski definition) is 2. The molecular weight excluding hydrogens is 528 g/mol. The van der Waals surface area contributed by atoms with Crippen LogP contribution in [-0.4, -0.2) is 16.3 Å². The zero-order chi connectivity index (χ0) is 28.8. The minimum absolute atomic E-state index is 0.171. The first-order valence-electron chi connectivity index (χ1n) is 14.2. The van der Waals surface area contributed by atoms with Crippen molar-refractivity contribution in [3.05, 3.63) is 157 Å². The molecule has 0 radical (unpaired) electrons. The van der Waals surface area contributed by atoms with Crippen LogP contribution in [0.1, 0.15) is 11.1 Å². The monoisotopic (exact) mass is 554 g/mol. The molecule has 0 aliphatic carbocycles. The number of aliphatic imine (C=N–C) groups is 1. The van der Waals surface area contributed by atoms with Crippen molar-refractivity contribution in [1.82, 2.24) is 4.68 Å². The highest BCUT2D eigenvalue weighted by Gasteiger charge is 2.19. The molecule has 0 atom stereocenters. The Morgan fingerprint density at radius 1 is 0.558 bits per heavy atom. The fourth-order valence-corrected chi connectivity index (χ4v) is 5.91. The fourth-order valence-electron chi connectivity index (χ4n) is 5.91. The molecule has 2 N–H and O–H groups in total. The Balaban J connectivity index is 1.31. The molecule has 0 saturated carbocycles. The van der Waals surface area contributed by atoms with Crippen LogP contribution in [0.5, 0.6) is 0 Å². The van der Waals surface area contributed by atoms with Crippen LogP contribution in [-0.2, 0) is 0 Å². The lowest BCUT2D eigenvalue weighted by atomic mass is 10.0. The smallest absolute Gasteiger partial charge is 0.154 e. The minimum Gasteiger partial charge on any atom is -0.456 e. The van der Waals surface area contributed by atoms with Gasteiger partial charge < -0.3 is 4.42 Å². The van der Waals surface area contributed by atoms with E-state index >= 15 is 0 Å². The van der Waals surface area contributed by atoms with Crippen molar-refractivity contribution in [3.8, 4) is 11.1 Å². The van der Waals surface area contributed by atoms with Gasteiger partial charge in [0.2, 0.25) is 0 Å². The summed E-state index contributed by atoms with van der Waals surface area (Å²) >= 11 is 0. The third-order valence-electron chi connectivity index (χ3n) is 7.91. The third-order valence-corrected chi connectivity index (χ3v) is 7.91. The molecule has 0 aliphatic rings. The van der Waals surface area contributed by atoms with Crippen molar-refractivity contribution < 1.29 is 4.42 Å². The molecule has 5 nitrogen and oxygen atoms in total. The highest BCUT2D eigenvalue weighted by molar-refractivity contribution is 6.27. The van der Waals surface area contributed by atoms with Gasteiger partial charge in [-0.15, -0.1) is 0 Å². The number of nitrogens with zero attached hydrogens (tertiary/aromatic N) is 2. The van der Waals surface area contributed by atoms with Gasteiger partial charge in [-0.25, -0.2) is 4.99 Å². The summed E-state index contributed by atoms with van der Waals surface area (Å²) in [4.78, 5) is 4.89. The summed E-state index contributed by atoms with van der Waals surface area (Å²) in [6.07, 6.45) is 0. The second-order valence-corrected chi connectivity index (χ2v) is 10.5. The van der Waals surface area contributed by atoms with E-state index in [1.807, 2.05) is 97.1 Å².